The van der Waals surface area contributed by atoms with E-state index in [1.165, 1.54) is 16.8 Å². The average Bonchev–Trinajstić information content (AvgIpc) is 2.78. The van der Waals surface area contributed by atoms with Gasteiger partial charge in [0.05, 0.1) is 0 Å². The molecule has 0 unspecified atom stereocenters. The van der Waals surface area contributed by atoms with Crippen LogP contribution >= 0.6 is 0 Å². The fourth-order valence-corrected chi connectivity index (χ4v) is 2.84. The van der Waals surface area contributed by atoms with Gasteiger partial charge in [-0.25, -0.2) is 0 Å². The zero-order chi connectivity index (χ0) is 14.2. The molecule has 2 rings (SSSR count). The third-order valence-corrected chi connectivity index (χ3v) is 3.99. The Labute approximate surface area is 114 Å². The molecule has 0 radical (unpaired) electrons. The van der Waals surface area contributed by atoms with Gasteiger partial charge in [-0.05, 0) is 56.4 Å². The van der Waals surface area contributed by atoms with Gasteiger partial charge in [-0.2, -0.15) is 0 Å². The number of aromatic nitrogens is 1. The molecule has 2 heterocycles. The first-order valence-corrected chi connectivity index (χ1v) is 6.90. The minimum atomic E-state index is 0.0275. The van der Waals surface area contributed by atoms with Crippen LogP contribution in [-0.4, -0.2) is 10.9 Å². The van der Waals surface area contributed by atoms with Gasteiger partial charge in [0, 0.05) is 22.7 Å². The van der Waals surface area contributed by atoms with Crippen LogP contribution in [0.25, 0.3) is 6.08 Å². The van der Waals surface area contributed by atoms with Crippen LogP contribution in [0.4, 0.5) is 0 Å². The lowest BCUT2D eigenvalue weighted by atomic mass is 10.0. The number of rotatable bonds is 3. The maximum absolute atomic E-state index is 11.7. The van der Waals surface area contributed by atoms with Gasteiger partial charge in [-0.1, -0.05) is 13.8 Å². The van der Waals surface area contributed by atoms with Gasteiger partial charge >= 0.3 is 0 Å². The average molecular weight is 258 g/mol. The van der Waals surface area contributed by atoms with Crippen LogP contribution in [0.2, 0.25) is 0 Å². The number of H-pyrrole nitrogens is 1. The van der Waals surface area contributed by atoms with Crippen molar-refractivity contribution in [1.29, 1.82) is 0 Å². The fourth-order valence-electron chi connectivity index (χ4n) is 2.84. The second-order valence-electron chi connectivity index (χ2n) is 5.09. The van der Waals surface area contributed by atoms with E-state index in [4.69, 9.17) is 0 Å². The summed E-state index contributed by atoms with van der Waals surface area (Å²) in [5, 5.41) is 2.96. The second kappa shape index (κ2) is 5.08. The van der Waals surface area contributed by atoms with Gasteiger partial charge < -0.3 is 10.3 Å². The van der Waals surface area contributed by atoms with Crippen molar-refractivity contribution in [2.75, 3.05) is 0 Å². The van der Waals surface area contributed by atoms with Gasteiger partial charge in [0.1, 0.15) is 0 Å². The molecule has 2 N–H and O–H groups in total. The summed E-state index contributed by atoms with van der Waals surface area (Å²) in [6.45, 7) is 10.4. The van der Waals surface area contributed by atoms with Gasteiger partial charge in [0.15, 0.2) is 0 Å². The van der Waals surface area contributed by atoms with Crippen LogP contribution in [-0.2, 0) is 11.2 Å². The number of carbonyl (C=O) groups excluding carboxylic acids is 1. The normalized spacial score (nSPS) is 17.5. The number of allylic oxidation sites excluding steroid dienone is 1. The van der Waals surface area contributed by atoms with Crippen molar-refractivity contribution >= 4 is 12.0 Å². The van der Waals surface area contributed by atoms with E-state index in [-0.39, 0.29) is 5.91 Å². The first-order chi connectivity index (χ1) is 8.99. The van der Waals surface area contributed by atoms with Crippen molar-refractivity contribution in [3.63, 3.8) is 0 Å². The Morgan fingerprint density at radius 3 is 2.32 bits per heavy atom. The summed E-state index contributed by atoms with van der Waals surface area (Å²) in [6.07, 6.45) is 3.96. The largest absolute Gasteiger partial charge is 0.359 e. The highest BCUT2D eigenvalue weighted by atomic mass is 16.1. The lowest BCUT2D eigenvalue weighted by molar-refractivity contribution is -0.116. The van der Waals surface area contributed by atoms with Crippen LogP contribution < -0.4 is 5.32 Å². The standard InChI is InChI=1S/C16H22N2O/c1-6-12-9(3)14(17-11(12)5)8-15-13(7-2)10(4)16(19)18-15/h8,17H,6-7H2,1-5H3,(H,18,19). The monoisotopic (exact) mass is 258 g/mol. The summed E-state index contributed by atoms with van der Waals surface area (Å²) in [5.74, 6) is 0.0275. The second-order valence-corrected chi connectivity index (χ2v) is 5.09. The minimum Gasteiger partial charge on any atom is -0.359 e. The molecule has 1 aliphatic rings. The van der Waals surface area contributed by atoms with Gasteiger partial charge in [0.2, 0.25) is 0 Å². The highest BCUT2D eigenvalue weighted by Crippen LogP contribution is 2.27. The number of carbonyl (C=O) groups is 1. The Hall–Kier alpha value is -1.77. The van der Waals surface area contributed by atoms with Crippen molar-refractivity contribution in [3.8, 4) is 0 Å². The molecule has 19 heavy (non-hydrogen) atoms. The molecule has 0 aromatic carbocycles. The third-order valence-electron chi connectivity index (χ3n) is 3.99. The molecule has 0 aliphatic carbocycles. The molecule has 0 saturated heterocycles. The third kappa shape index (κ3) is 2.25. The van der Waals surface area contributed by atoms with Crippen molar-refractivity contribution in [1.82, 2.24) is 10.3 Å². The highest BCUT2D eigenvalue weighted by Gasteiger charge is 2.22. The van der Waals surface area contributed by atoms with E-state index < -0.39 is 0 Å². The summed E-state index contributed by atoms with van der Waals surface area (Å²) < 4.78 is 0. The first kappa shape index (κ1) is 13.7. The summed E-state index contributed by atoms with van der Waals surface area (Å²) in [4.78, 5) is 15.2. The summed E-state index contributed by atoms with van der Waals surface area (Å²) in [5.41, 5.74) is 7.87. The zero-order valence-corrected chi connectivity index (χ0v) is 12.4. The molecular formula is C16H22N2O. The number of aryl methyl sites for hydroxylation is 1. The van der Waals surface area contributed by atoms with Gasteiger partial charge in [-0.15, -0.1) is 0 Å². The van der Waals surface area contributed by atoms with Crippen molar-refractivity contribution in [2.45, 2.75) is 47.5 Å². The zero-order valence-electron chi connectivity index (χ0n) is 12.4. The molecule has 0 fully saturated rings. The molecule has 0 bridgehead atoms. The molecule has 1 aliphatic heterocycles. The molecule has 3 heteroatoms. The molecule has 102 valence electrons. The lowest BCUT2D eigenvalue weighted by Gasteiger charge is -2.03. The Morgan fingerprint density at radius 1 is 1.11 bits per heavy atom. The first-order valence-electron chi connectivity index (χ1n) is 6.90. The molecule has 1 aromatic rings. The van der Waals surface area contributed by atoms with E-state index in [2.05, 4.69) is 44.1 Å². The van der Waals surface area contributed by atoms with E-state index in [1.54, 1.807) is 0 Å². The molecule has 0 atom stereocenters. The Bertz CT molecular complexity index is 588. The van der Waals surface area contributed by atoms with E-state index in [0.717, 1.165) is 35.4 Å². The van der Waals surface area contributed by atoms with Crippen LogP contribution in [0.1, 0.15) is 49.7 Å². The smallest absolute Gasteiger partial charge is 0.251 e. The van der Waals surface area contributed by atoms with Crippen LogP contribution in [0.15, 0.2) is 16.8 Å². The topological polar surface area (TPSA) is 44.9 Å². The molecule has 0 saturated carbocycles. The molecule has 1 amide bonds. The van der Waals surface area contributed by atoms with Crippen molar-refractivity contribution in [3.05, 3.63) is 39.4 Å². The molecule has 1 aromatic heterocycles. The molecular weight excluding hydrogens is 236 g/mol. The van der Waals surface area contributed by atoms with E-state index in [9.17, 15) is 4.79 Å². The molecule has 3 nitrogen and oxygen atoms in total. The SMILES string of the molecule is CCC1=C(C)C(=O)NC1=Cc1[nH]c(C)c(CC)c1C. The Kier molecular flexibility index (Phi) is 3.65. The number of hydrogen-bond acceptors (Lipinski definition) is 1. The van der Waals surface area contributed by atoms with E-state index in [0.29, 0.717) is 0 Å². The van der Waals surface area contributed by atoms with Crippen LogP contribution in [0, 0.1) is 13.8 Å². The quantitative estimate of drug-likeness (QED) is 0.857. The number of nitrogens with one attached hydrogen (secondary N) is 2. The van der Waals surface area contributed by atoms with Crippen molar-refractivity contribution in [2.24, 2.45) is 0 Å². The van der Waals surface area contributed by atoms with Gasteiger partial charge in [-0.3, -0.25) is 4.79 Å². The molecule has 0 spiro atoms. The predicted octanol–water partition coefficient (Wildman–Crippen LogP) is 3.39. The summed E-state index contributed by atoms with van der Waals surface area (Å²) >= 11 is 0. The van der Waals surface area contributed by atoms with Crippen molar-refractivity contribution < 1.29 is 4.79 Å². The summed E-state index contributed by atoms with van der Waals surface area (Å²) in [7, 11) is 0. The summed E-state index contributed by atoms with van der Waals surface area (Å²) in [6, 6.07) is 0. The number of hydrogen-bond donors (Lipinski definition) is 2. The number of amides is 1. The number of aromatic amines is 1. The predicted molar refractivity (Wildman–Crippen MR) is 78.8 cm³/mol. The maximum Gasteiger partial charge on any atom is 0.251 e. The van der Waals surface area contributed by atoms with E-state index >= 15 is 0 Å². The highest BCUT2D eigenvalue weighted by molar-refractivity contribution is 6.00. The Balaban J connectivity index is 2.46. The fraction of sp³-hybridized carbons (Fsp3) is 0.438. The lowest BCUT2D eigenvalue weighted by Crippen LogP contribution is -2.15. The van der Waals surface area contributed by atoms with E-state index in [1.807, 2.05) is 6.92 Å². The Morgan fingerprint density at radius 2 is 1.79 bits per heavy atom. The maximum atomic E-state index is 11.7. The van der Waals surface area contributed by atoms with Crippen LogP contribution in [0.5, 0.6) is 0 Å². The van der Waals surface area contributed by atoms with Gasteiger partial charge in [0.25, 0.3) is 5.91 Å². The minimum absolute atomic E-state index is 0.0275. The van der Waals surface area contributed by atoms with Crippen LogP contribution in [0.3, 0.4) is 0 Å².